The number of carbonyl (C=O) groups is 2. The maximum absolute atomic E-state index is 11.8. The molecule has 0 saturated carbocycles. The fourth-order valence-electron chi connectivity index (χ4n) is 1.65. The average Bonchev–Trinajstić information content (AvgIpc) is 2.52. The molecule has 0 aromatic heterocycles. The second-order valence-electron chi connectivity index (χ2n) is 4.21. The molecule has 0 bridgehead atoms. The molecule has 20 heavy (non-hydrogen) atoms. The molecule has 0 saturated heterocycles. The summed E-state index contributed by atoms with van der Waals surface area (Å²) in [5, 5.41) is 0. The van der Waals surface area contributed by atoms with E-state index in [0.717, 1.165) is 5.56 Å². The number of allylic oxidation sites excluding steroid dienone is 3. The molecule has 2 nitrogen and oxygen atoms in total. The van der Waals surface area contributed by atoms with Gasteiger partial charge in [0.05, 0.1) is 0 Å². The van der Waals surface area contributed by atoms with Gasteiger partial charge >= 0.3 is 0 Å². The molecule has 0 aliphatic rings. The minimum atomic E-state index is -0.210. The zero-order valence-electron chi connectivity index (χ0n) is 10.9. The first-order valence-corrected chi connectivity index (χ1v) is 6.30. The predicted octanol–water partition coefficient (Wildman–Crippen LogP) is 3.71. The van der Waals surface area contributed by atoms with Crippen molar-refractivity contribution < 1.29 is 9.59 Å². The van der Waals surface area contributed by atoms with Gasteiger partial charge in [0.25, 0.3) is 0 Å². The lowest BCUT2D eigenvalue weighted by atomic mass is 10.1. The van der Waals surface area contributed by atoms with Gasteiger partial charge in [-0.1, -0.05) is 66.7 Å². The van der Waals surface area contributed by atoms with E-state index in [9.17, 15) is 9.59 Å². The Hall–Kier alpha value is -2.74. The largest absolute Gasteiger partial charge is 0.290 e. The van der Waals surface area contributed by atoms with Crippen molar-refractivity contribution in [2.45, 2.75) is 0 Å². The normalized spacial score (nSPS) is 11.0. The van der Waals surface area contributed by atoms with Crippen LogP contribution >= 0.6 is 0 Å². The van der Waals surface area contributed by atoms with E-state index in [4.69, 9.17) is 0 Å². The molecule has 0 N–H and O–H groups in total. The summed E-state index contributed by atoms with van der Waals surface area (Å²) in [6.45, 7) is 0. The standard InChI is InChI=1S/C18H14O2/c19-17(12-11-15-7-3-1-4-8-15)13-14-18(20)16-9-5-2-6-10-16/h1-14H. The summed E-state index contributed by atoms with van der Waals surface area (Å²) >= 11 is 0. The van der Waals surface area contributed by atoms with Crippen LogP contribution in [0.2, 0.25) is 0 Å². The third kappa shape index (κ3) is 4.18. The van der Waals surface area contributed by atoms with E-state index in [1.54, 1.807) is 30.3 Å². The van der Waals surface area contributed by atoms with Crippen LogP contribution in [-0.4, -0.2) is 11.6 Å². The molecule has 0 atom stereocenters. The first-order chi connectivity index (χ1) is 9.75. The van der Waals surface area contributed by atoms with Crippen molar-refractivity contribution in [2.75, 3.05) is 0 Å². The molecule has 0 aliphatic carbocycles. The summed E-state index contributed by atoms with van der Waals surface area (Å²) < 4.78 is 0. The van der Waals surface area contributed by atoms with Crippen LogP contribution in [0.15, 0.2) is 78.9 Å². The Labute approximate surface area is 118 Å². The molecule has 0 aliphatic heterocycles. The topological polar surface area (TPSA) is 34.1 Å². The average molecular weight is 262 g/mol. The maximum atomic E-state index is 11.8. The van der Waals surface area contributed by atoms with Gasteiger partial charge in [-0.15, -0.1) is 0 Å². The zero-order chi connectivity index (χ0) is 14.2. The number of rotatable bonds is 5. The molecule has 2 aromatic carbocycles. The summed E-state index contributed by atoms with van der Waals surface area (Å²) in [4.78, 5) is 23.4. The van der Waals surface area contributed by atoms with Gasteiger partial charge in [-0.2, -0.15) is 0 Å². The second kappa shape index (κ2) is 7.00. The monoisotopic (exact) mass is 262 g/mol. The minimum absolute atomic E-state index is 0.174. The van der Waals surface area contributed by atoms with Gasteiger partial charge in [-0.3, -0.25) is 9.59 Å². The molecule has 0 fully saturated rings. The Morgan fingerprint density at radius 3 is 1.95 bits per heavy atom. The van der Waals surface area contributed by atoms with Crippen molar-refractivity contribution in [1.82, 2.24) is 0 Å². The van der Waals surface area contributed by atoms with Crippen molar-refractivity contribution >= 4 is 17.6 Å². The Morgan fingerprint density at radius 2 is 1.30 bits per heavy atom. The lowest BCUT2D eigenvalue weighted by Gasteiger charge is -1.93. The minimum Gasteiger partial charge on any atom is -0.290 e. The molecular formula is C18H14O2. The van der Waals surface area contributed by atoms with E-state index in [2.05, 4.69) is 0 Å². The Morgan fingerprint density at radius 1 is 0.700 bits per heavy atom. The zero-order valence-corrected chi connectivity index (χ0v) is 10.9. The van der Waals surface area contributed by atoms with Crippen LogP contribution in [0.5, 0.6) is 0 Å². The van der Waals surface area contributed by atoms with Crippen molar-refractivity contribution in [2.24, 2.45) is 0 Å². The first kappa shape index (κ1) is 13.7. The SMILES string of the molecule is O=C(C=CC(=O)c1ccccc1)C=Cc1ccccc1. The summed E-state index contributed by atoms with van der Waals surface area (Å²) in [7, 11) is 0. The van der Waals surface area contributed by atoms with Gasteiger partial charge < -0.3 is 0 Å². The van der Waals surface area contributed by atoms with Gasteiger partial charge in [0.1, 0.15) is 0 Å². The van der Waals surface area contributed by atoms with Gasteiger partial charge in [0, 0.05) is 5.56 Å². The highest BCUT2D eigenvalue weighted by atomic mass is 16.1. The third-order valence-corrected chi connectivity index (χ3v) is 2.70. The second-order valence-corrected chi connectivity index (χ2v) is 4.21. The van der Waals surface area contributed by atoms with E-state index >= 15 is 0 Å². The van der Waals surface area contributed by atoms with Crippen LogP contribution < -0.4 is 0 Å². The highest BCUT2D eigenvalue weighted by molar-refractivity contribution is 6.10. The van der Waals surface area contributed by atoms with E-state index in [1.165, 1.54) is 18.2 Å². The fourth-order valence-corrected chi connectivity index (χ4v) is 1.65. The van der Waals surface area contributed by atoms with Crippen LogP contribution in [0, 0.1) is 0 Å². The van der Waals surface area contributed by atoms with Crippen LogP contribution in [0.4, 0.5) is 0 Å². The van der Waals surface area contributed by atoms with Gasteiger partial charge in [-0.25, -0.2) is 0 Å². The number of hydrogen-bond acceptors (Lipinski definition) is 2. The Kier molecular flexibility index (Phi) is 4.79. The highest BCUT2D eigenvalue weighted by Crippen LogP contribution is 2.03. The van der Waals surface area contributed by atoms with E-state index in [1.807, 2.05) is 36.4 Å². The molecule has 2 rings (SSSR count). The lowest BCUT2D eigenvalue weighted by Crippen LogP contribution is -1.95. The van der Waals surface area contributed by atoms with Crippen LogP contribution in [0.3, 0.4) is 0 Å². The van der Waals surface area contributed by atoms with Gasteiger partial charge in [-0.05, 0) is 23.8 Å². The van der Waals surface area contributed by atoms with Crippen LogP contribution in [-0.2, 0) is 4.79 Å². The van der Waals surface area contributed by atoms with Crippen molar-refractivity contribution in [3.8, 4) is 0 Å². The molecular weight excluding hydrogens is 248 g/mol. The van der Waals surface area contributed by atoms with Crippen molar-refractivity contribution in [3.63, 3.8) is 0 Å². The lowest BCUT2D eigenvalue weighted by molar-refractivity contribution is -0.110. The molecule has 0 heterocycles. The fraction of sp³-hybridized carbons (Fsp3) is 0. The third-order valence-electron chi connectivity index (χ3n) is 2.70. The number of hydrogen-bond donors (Lipinski definition) is 0. The van der Waals surface area contributed by atoms with Crippen molar-refractivity contribution in [3.05, 3.63) is 90.0 Å². The number of benzene rings is 2. The summed E-state index contributed by atoms with van der Waals surface area (Å²) in [6.07, 6.45) is 5.76. The Balaban J connectivity index is 1.96. The molecule has 2 aromatic rings. The first-order valence-electron chi connectivity index (χ1n) is 6.30. The summed E-state index contributed by atoms with van der Waals surface area (Å²) in [6, 6.07) is 18.4. The molecule has 0 spiro atoms. The maximum Gasteiger partial charge on any atom is 0.185 e. The quantitative estimate of drug-likeness (QED) is 0.608. The smallest absolute Gasteiger partial charge is 0.185 e. The molecule has 0 radical (unpaired) electrons. The van der Waals surface area contributed by atoms with E-state index in [0.29, 0.717) is 5.56 Å². The molecule has 2 heteroatoms. The van der Waals surface area contributed by atoms with Crippen molar-refractivity contribution in [1.29, 1.82) is 0 Å². The van der Waals surface area contributed by atoms with Gasteiger partial charge in [0.15, 0.2) is 11.6 Å². The van der Waals surface area contributed by atoms with Crippen LogP contribution in [0.1, 0.15) is 15.9 Å². The molecule has 0 unspecified atom stereocenters. The van der Waals surface area contributed by atoms with Crippen LogP contribution in [0.25, 0.3) is 6.08 Å². The summed E-state index contributed by atoms with van der Waals surface area (Å²) in [5.41, 5.74) is 1.52. The summed E-state index contributed by atoms with van der Waals surface area (Å²) in [5.74, 6) is -0.384. The number of ketones is 2. The van der Waals surface area contributed by atoms with E-state index in [-0.39, 0.29) is 11.6 Å². The predicted molar refractivity (Wildman–Crippen MR) is 80.4 cm³/mol. The molecule has 98 valence electrons. The highest BCUT2D eigenvalue weighted by Gasteiger charge is 2.00. The van der Waals surface area contributed by atoms with Gasteiger partial charge in [0.2, 0.25) is 0 Å². The Bertz CT molecular complexity index is 638. The van der Waals surface area contributed by atoms with E-state index < -0.39 is 0 Å². The molecule has 0 amide bonds. The number of carbonyl (C=O) groups excluding carboxylic acids is 2.